The van der Waals surface area contributed by atoms with Crippen LogP contribution in [0.3, 0.4) is 0 Å². The zero-order chi connectivity index (χ0) is 15.2. The Morgan fingerprint density at radius 3 is 3.10 bits per heavy atom. The molecule has 0 aliphatic carbocycles. The number of carbonyl (C=O) groups excluding carboxylic acids is 1. The summed E-state index contributed by atoms with van der Waals surface area (Å²) in [6, 6.07) is 0. The molecule has 0 aromatic carbocycles. The molecular weight excluding hydrogens is 278 g/mol. The van der Waals surface area contributed by atoms with Gasteiger partial charge in [-0.1, -0.05) is 0 Å². The van der Waals surface area contributed by atoms with Crippen molar-refractivity contribution >= 4 is 12.0 Å². The second kappa shape index (κ2) is 6.98. The molecule has 0 saturated carbocycles. The molecule has 1 saturated heterocycles. The van der Waals surface area contributed by atoms with E-state index in [9.17, 15) is 14.9 Å². The molecule has 21 heavy (non-hydrogen) atoms. The zero-order valence-electron chi connectivity index (χ0n) is 11.7. The summed E-state index contributed by atoms with van der Waals surface area (Å²) in [5.74, 6) is -0.602. The molecule has 1 aliphatic rings. The first-order valence-corrected chi connectivity index (χ1v) is 6.81. The van der Waals surface area contributed by atoms with Crippen LogP contribution >= 0.6 is 0 Å². The fourth-order valence-electron chi connectivity index (χ4n) is 2.11. The summed E-state index contributed by atoms with van der Waals surface area (Å²) in [6.45, 7) is 2.54. The van der Waals surface area contributed by atoms with Gasteiger partial charge in [0.05, 0.1) is 11.5 Å². The van der Waals surface area contributed by atoms with Crippen molar-refractivity contribution in [2.45, 2.75) is 32.4 Å². The summed E-state index contributed by atoms with van der Waals surface area (Å²) < 4.78 is 12.0. The number of esters is 1. The maximum Gasteiger partial charge on any atom is 0.359 e. The van der Waals surface area contributed by atoms with Crippen LogP contribution in [-0.4, -0.2) is 33.9 Å². The SMILES string of the molecule is CCOC(=O)c1nn(C2CCCCO2)cc1/C=C/[N+](=O)[O-]. The van der Waals surface area contributed by atoms with Gasteiger partial charge in [-0.15, -0.1) is 0 Å². The van der Waals surface area contributed by atoms with E-state index in [1.54, 1.807) is 13.1 Å². The van der Waals surface area contributed by atoms with E-state index in [-0.39, 0.29) is 18.5 Å². The van der Waals surface area contributed by atoms with Crippen LogP contribution in [0.25, 0.3) is 6.08 Å². The van der Waals surface area contributed by atoms with Crippen LogP contribution < -0.4 is 0 Å². The molecule has 1 aromatic heterocycles. The minimum Gasteiger partial charge on any atom is -0.461 e. The zero-order valence-corrected chi connectivity index (χ0v) is 11.7. The quantitative estimate of drug-likeness (QED) is 0.468. The summed E-state index contributed by atoms with van der Waals surface area (Å²) in [5.41, 5.74) is 0.406. The maximum absolute atomic E-state index is 11.9. The summed E-state index contributed by atoms with van der Waals surface area (Å²) in [5, 5.41) is 14.6. The maximum atomic E-state index is 11.9. The van der Waals surface area contributed by atoms with E-state index >= 15 is 0 Å². The monoisotopic (exact) mass is 295 g/mol. The number of nitro groups is 1. The third-order valence-electron chi connectivity index (χ3n) is 3.06. The molecule has 0 amide bonds. The number of rotatable bonds is 5. The van der Waals surface area contributed by atoms with Crippen molar-refractivity contribution in [3.63, 3.8) is 0 Å². The van der Waals surface area contributed by atoms with Crippen molar-refractivity contribution in [2.75, 3.05) is 13.2 Å². The molecular formula is C13H17N3O5. The van der Waals surface area contributed by atoms with Gasteiger partial charge in [0.1, 0.15) is 6.23 Å². The Hall–Kier alpha value is -2.22. The second-order valence-electron chi connectivity index (χ2n) is 4.56. The standard InChI is InChI=1S/C13H17N3O5/c1-2-20-13(17)12-10(6-7-16(18)19)9-15(14-12)11-5-3-4-8-21-11/h6-7,9,11H,2-5,8H2,1H3/b7-6+. The molecule has 2 heterocycles. The van der Waals surface area contributed by atoms with Crippen molar-refractivity contribution in [1.29, 1.82) is 0 Å². The highest BCUT2D eigenvalue weighted by atomic mass is 16.6. The number of hydrogen-bond donors (Lipinski definition) is 0. The lowest BCUT2D eigenvalue weighted by atomic mass is 10.2. The van der Waals surface area contributed by atoms with E-state index in [0.29, 0.717) is 12.2 Å². The van der Waals surface area contributed by atoms with Crippen LogP contribution in [0.1, 0.15) is 48.5 Å². The van der Waals surface area contributed by atoms with Gasteiger partial charge in [-0.2, -0.15) is 5.10 Å². The van der Waals surface area contributed by atoms with Crippen molar-refractivity contribution in [1.82, 2.24) is 9.78 Å². The van der Waals surface area contributed by atoms with Crippen molar-refractivity contribution in [2.24, 2.45) is 0 Å². The molecule has 0 spiro atoms. The Balaban J connectivity index is 2.29. The van der Waals surface area contributed by atoms with Crippen LogP contribution in [0.15, 0.2) is 12.4 Å². The molecule has 114 valence electrons. The van der Waals surface area contributed by atoms with Crippen LogP contribution in [0, 0.1) is 10.1 Å². The Morgan fingerprint density at radius 1 is 1.67 bits per heavy atom. The van der Waals surface area contributed by atoms with Gasteiger partial charge in [-0.05, 0) is 26.2 Å². The van der Waals surface area contributed by atoms with Crippen LogP contribution in [0.2, 0.25) is 0 Å². The number of hydrogen-bond acceptors (Lipinski definition) is 6. The van der Waals surface area contributed by atoms with Gasteiger partial charge in [-0.3, -0.25) is 10.1 Å². The first-order chi connectivity index (χ1) is 10.1. The summed E-state index contributed by atoms with van der Waals surface area (Å²) >= 11 is 0. The smallest absolute Gasteiger partial charge is 0.359 e. The van der Waals surface area contributed by atoms with Gasteiger partial charge in [0.25, 0.3) is 0 Å². The van der Waals surface area contributed by atoms with Gasteiger partial charge >= 0.3 is 5.97 Å². The van der Waals surface area contributed by atoms with Crippen LogP contribution in [-0.2, 0) is 9.47 Å². The predicted octanol–water partition coefficient (Wildman–Crippen LogP) is 2.01. The van der Waals surface area contributed by atoms with E-state index in [2.05, 4.69) is 5.10 Å². The second-order valence-corrected chi connectivity index (χ2v) is 4.56. The molecule has 0 N–H and O–H groups in total. The molecule has 1 aromatic rings. The number of carbonyl (C=O) groups is 1. The minimum atomic E-state index is -0.602. The normalized spacial score (nSPS) is 18.8. The lowest BCUT2D eigenvalue weighted by molar-refractivity contribution is -0.400. The van der Waals surface area contributed by atoms with Gasteiger partial charge in [-0.25, -0.2) is 9.48 Å². The Morgan fingerprint density at radius 2 is 2.48 bits per heavy atom. The van der Waals surface area contributed by atoms with E-state index in [0.717, 1.165) is 25.5 Å². The molecule has 1 fully saturated rings. The molecule has 2 rings (SSSR count). The number of nitrogens with zero attached hydrogens (tertiary/aromatic N) is 3. The van der Waals surface area contributed by atoms with Gasteiger partial charge in [0, 0.05) is 24.4 Å². The average molecular weight is 295 g/mol. The highest BCUT2D eigenvalue weighted by Gasteiger charge is 2.22. The average Bonchev–Trinajstić information content (AvgIpc) is 2.90. The topological polar surface area (TPSA) is 96.5 Å². The van der Waals surface area contributed by atoms with Gasteiger partial charge < -0.3 is 9.47 Å². The van der Waals surface area contributed by atoms with Gasteiger partial charge in [0.2, 0.25) is 6.20 Å². The van der Waals surface area contributed by atoms with Crippen molar-refractivity contribution < 1.29 is 19.2 Å². The lowest BCUT2D eigenvalue weighted by Crippen LogP contribution is -2.19. The van der Waals surface area contributed by atoms with E-state index in [4.69, 9.17) is 9.47 Å². The predicted molar refractivity (Wildman–Crippen MR) is 73.1 cm³/mol. The summed E-state index contributed by atoms with van der Waals surface area (Å²) in [7, 11) is 0. The molecule has 0 radical (unpaired) electrons. The number of ether oxygens (including phenoxy) is 2. The third-order valence-corrected chi connectivity index (χ3v) is 3.06. The van der Waals surface area contributed by atoms with Crippen molar-refractivity contribution in [3.8, 4) is 0 Å². The number of aromatic nitrogens is 2. The van der Waals surface area contributed by atoms with E-state index < -0.39 is 10.9 Å². The fraction of sp³-hybridized carbons (Fsp3) is 0.538. The van der Waals surface area contributed by atoms with Crippen LogP contribution in [0.5, 0.6) is 0 Å². The summed E-state index contributed by atoms with van der Waals surface area (Å²) in [6.07, 6.45) is 6.13. The molecule has 1 aliphatic heterocycles. The molecule has 8 heteroatoms. The largest absolute Gasteiger partial charge is 0.461 e. The lowest BCUT2D eigenvalue weighted by Gasteiger charge is -2.22. The molecule has 1 atom stereocenters. The van der Waals surface area contributed by atoms with Crippen molar-refractivity contribution in [3.05, 3.63) is 33.8 Å². The third kappa shape index (κ3) is 3.88. The van der Waals surface area contributed by atoms with Gasteiger partial charge in [0.15, 0.2) is 5.69 Å². The Kier molecular flexibility index (Phi) is 5.04. The molecule has 8 nitrogen and oxygen atoms in total. The minimum absolute atomic E-state index is 0.0594. The van der Waals surface area contributed by atoms with Crippen LogP contribution in [0.4, 0.5) is 0 Å². The highest BCUT2D eigenvalue weighted by molar-refractivity contribution is 5.91. The fourth-order valence-corrected chi connectivity index (χ4v) is 2.11. The molecule has 0 bridgehead atoms. The first kappa shape index (κ1) is 15.2. The van der Waals surface area contributed by atoms with E-state index in [1.165, 1.54) is 10.8 Å². The summed E-state index contributed by atoms with van der Waals surface area (Å²) in [4.78, 5) is 21.7. The van der Waals surface area contributed by atoms with E-state index in [1.807, 2.05) is 0 Å². The Labute approximate surface area is 121 Å². The first-order valence-electron chi connectivity index (χ1n) is 6.81. The molecule has 1 unspecified atom stereocenters. The highest BCUT2D eigenvalue weighted by Crippen LogP contribution is 2.23. The Bertz CT molecular complexity index is 546.